The molecule has 12 nitrogen and oxygen atoms in total. The Labute approximate surface area is 275 Å². The molecule has 1 saturated heterocycles. The van der Waals surface area contributed by atoms with Crippen molar-refractivity contribution in [3.8, 4) is 22.8 Å². The van der Waals surface area contributed by atoms with E-state index < -0.39 is 25.0 Å². The third-order valence-corrected chi connectivity index (χ3v) is 7.33. The third kappa shape index (κ3) is 8.23. The number of aromatic nitrogens is 4. The maximum atomic E-state index is 12.5. The smallest absolute Gasteiger partial charge is 0.323 e. The topological polar surface area (TPSA) is 168 Å². The van der Waals surface area contributed by atoms with Gasteiger partial charge in [0.05, 0.1) is 21.8 Å². The number of rotatable bonds is 6. The molecule has 1 aliphatic rings. The predicted molar refractivity (Wildman–Crippen MR) is 184 cm³/mol. The fourth-order valence-electron chi connectivity index (χ4n) is 5.12. The van der Waals surface area contributed by atoms with Crippen LogP contribution in [0.4, 0.5) is 0 Å². The normalized spacial score (nSPS) is 12.3. The molecule has 0 saturated carbocycles. The summed E-state index contributed by atoms with van der Waals surface area (Å²) in [5, 5.41) is 25.4. The highest BCUT2D eigenvalue weighted by Crippen LogP contribution is 2.20. The van der Waals surface area contributed by atoms with E-state index in [1.54, 1.807) is 72.8 Å². The van der Waals surface area contributed by atoms with Gasteiger partial charge in [0.2, 0.25) is 0 Å². The van der Waals surface area contributed by atoms with Gasteiger partial charge in [0, 0.05) is 37.3 Å². The summed E-state index contributed by atoms with van der Waals surface area (Å²) in [4.78, 5) is 56.1. The summed E-state index contributed by atoms with van der Waals surface area (Å²) < 4.78 is 2.39. The molecule has 0 unspecified atom stereocenters. The number of nitrogens with zero attached hydrogens (tertiary/aromatic N) is 4. The number of benzene rings is 4. The van der Waals surface area contributed by atoms with Crippen molar-refractivity contribution in [2.24, 2.45) is 0 Å². The molecule has 1 aliphatic heterocycles. The minimum Gasteiger partial charge on any atom is -0.480 e. The highest BCUT2D eigenvalue weighted by atomic mass is 16.4. The van der Waals surface area contributed by atoms with Crippen LogP contribution in [0.2, 0.25) is 0 Å². The first-order valence-electron chi connectivity index (χ1n) is 15.3. The highest BCUT2D eigenvalue weighted by Gasteiger charge is 2.16. The quantitative estimate of drug-likeness (QED) is 0.210. The summed E-state index contributed by atoms with van der Waals surface area (Å²) in [6.45, 7) is 3.72. The van der Waals surface area contributed by atoms with Crippen LogP contribution in [0.15, 0.2) is 119 Å². The van der Waals surface area contributed by atoms with Crippen LogP contribution in [-0.4, -0.2) is 67.4 Å². The van der Waals surface area contributed by atoms with Gasteiger partial charge in [0.25, 0.3) is 11.1 Å². The lowest BCUT2D eigenvalue weighted by Gasteiger charge is -2.11. The lowest BCUT2D eigenvalue weighted by molar-refractivity contribution is -0.138. The molecule has 3 heterocycles. The number of nitrogens with one attached hydrogen (secondary N) is 2. The van der Waals surface area contributed by atoms with Gasteiger partial charge in [-0.2, -0.15) is 0 Å². The molecule has 6 aromatic rings. The van der Waals surface area contributed by atoms with E-state index in [1.807, 2.05) is 36.4 Å². The second-order valence-corrected chi connectivity index (χ2v) is 10.7. The zero-order valence-corrected chi connectivity index (χ0v) is 26.0. The number of carboxylic acids is 2. The van der Waals surface area contributed by atoms with Crippen LogP contribution in [0, 0.1) is 0 Å². The van der Waals surface area contributed by atoms with E-state index in [4.69, 9.17) is 10.2 Å². The Morgan fingerprint density at radius 3 is 1.21 bits per heavy atom. The first kappa shape index (κ1) is 33.4. The van der Waals surface area contributed by atoms with Crippen LogP contribution in [-0.2, 0) is 22.7 Å². The van der Waals surface area contributed by atoms with Gasteiger partial charge in [0.15, 0.2) is 0 Å². The largest absolute Gasteiger partial charge is 0.480 e. The molecule has 244 valence electrons. The second-order valence-electron chi connectivity index (χ2n) is 10.7. The summed E-state index contributed by atoms with van der Waals surface area (Å²) >= 11 is 0. The first-order valence-corrected chi connectivity index (χ1v) is 15.3. The Bertz CT molecular complexity index is 1980. The summed E-state index contributed by atoms with van der Waals surface area (Å²) in [5.74, 6) is -1.43. The van der Waals surface area contributed by atoms with Crippen molar-refractivity contribution in [2.45, 2.75) is 13.1 Å². The Kier molecular flexibility index (Phi) is 11.1. The van der Waals surface area contributed by atoms with E-state index in [1.165, 1.54) is 9.13 Å². The van der Waals surface area contributed by atoms with Gasteiger partial charge in [0.1, 0.15) is 24.7 Å². The standard InChI is InChI=1S/2C16H12N2O3.C4H10N2/c2*19-14(20)10-18-15(11-6-2-1-3-7-11)17-13-9-5-4-8-12(13)16(18)21;1-2-6-4-3-5-1/h2*1-9H,10H2,(H,19,20);5-6H,1-4H2. The number of hydrogen-bond acceptors (Lipinski definition) is 8. The fourth-order valence-corrected chi connectivity index (χ4v) is 5.12. The molecule has 2 aromatic heterocycles. The molecule has 0 atom stereocenters. The maximum Gasteiger partial charge on any atom is 0.323 e. The molecular weight excluding hydrogens is 612 g/mol. The summed E-state index contributed by atoms with van der Waals surface area (Å²) in [6.07, 6.45) is 0. The van der Waals surface area contributed by atoms with E-state index in [2.05, 4.69) is 20.6 Å². The number of carbonyl (C=O) groups is 2. The number of hydrogen-bond donors (Lipinski definition) is 4. The Balaban J connectivity index is 0.000000160. The van der Waals surface area contributed by atoms with Gasteiger partial charge < -0.3 is 20.8 Å². The van der Waals surface area contributed by atoms with Crippen molar-refractivity contribution in [1.82, 2.24) is 29.7 Å². The number of piperazine rings is 1. The SMILES string of the molecule is C1CNCCN1.O=C(O)Cn1c(-c2ccccc2)nc2ccccc2c1=O.O=C(O)Cn1c(-c2ccccc2)nc2ccccc2c1=O. The Hall–Kier alpha value is -5.98. The van der Waals surface area contributed by atoms with Crippen molar-refractivity contribution in [1.29, 1.82) is 0 Å². The van der Waals surface area contributed by atoms with Crippen molar-refractivity contribution in [2.75, 3.05) is 26.2 Å². The minimum atomic E-state index is -1.08. The van der Waals surface area contributed by atoms with E-state index in [0.29, 0.717) is 44.6 Å². The molecule has 0 spiro atoms. The zero-order valence-electron chi connectivity index (χ0n) is 26.0. The molecule has 4 aromatic carbocycles. The van der Waals surface area contributed by atoms with Crippen LogP contribution in [0.25, 0.3) is 44.6 Å². The van der Waals surface area contributed by atoms with Crippen molar-refractivity contribution < 1.29 is 19.8 Å². The third-order valence-electron chi connectivity index (χ3n) is 7.33. The summed E-state index contributed by atoms with van der Waals surface area (Å²) in [6, 6.07) is 32.0. The van der Waals surface area contributed by atoms with Crippen LogP contribution in [0.5, 0.6) is 0 Å². The van der Waals surface area contributed by atoms with Gasteiger partial charge in [-0.15, -0.1) is 0 Å². The van der Waals surface area contributed by atoms with Gasteiger partial charge >= 0.3 is 11.9 Å². The lowest BCUT2D eigenvalue weighted by atomic mass is 10.2. The predicted octanol–water partition coefficient (Wildman–Crippen LogP) is 3.48. The molecule has 48 heavy (non-hydrogen) atoms. The summed E-state index contributed by atoms with van der Waals surface area (Å²) in [5.41, 5.74) is 1.85. The number of carboxylic acid groups (broad SMARTS) is 2. The fraction of sp³-hybridized carbons (Fsp3) is 0.167. The minimum absolute atomic E-state index is 0.346. The molecule has 0 radical (unpaired) electrons. The average Bonchev–Trinajstić information content (AvgIpc) is 3.12. The van der Waals surface area contributed by atoms with Crippen molar-refractivity contribution in [3.63, 3.8) is 0 Å². The Morgan fingerprint density at radius 2 is 0.875 bits per heavy atom. The van der Waals surface area contributed by atoms with Crippen LogP contribution < -0.4 is 21.8 Å². The van der Waals surface area contributed by atoms with Gasteiger partial charge in [-0.3, -0.25) is 28.3 Å². The molecular formula is C36H34N6O6. The Morgan fingerprint density at radius 1 is 0.542 bits per heavy atom. The van der Waals surface area contributed by atoms with Gasteiger partial charge in [-0.05, 0) is 24.3 Å². The number of aliphatic carboxylic acids is 2. The summed E-state index contributed by atoms with van der Waals surface area (Å²) in [7, 11) is 0. The molecule has 7 rings (SSSR count). The van der Waals surface area contributed by atoms with E-state index >= 15 is 0 Å². The van der Waals surface area contributed by atoms with E-state index in [-0.39, 0.29) is 11.1 Å². The first-order chi connectivity index (χ1) is 23.3. The van der Waals surface area contributed by atoms with Crippen molar-refractivity contribution in [3.05, 3.63) is 130 Å². The lowest BCUT2D eigenvalue weighted by Crippen LogP contribution is -2.39. The van der Waals surface area contributed by atoms with Gasteiger partial charge in [-0.25, -0.2) is 9.97 Å². The van der Waals surface area contributed by atoms with E-state index in [0.717, 1.165) is 26.2 Å². The molecule has 12 heteroatoms. The van der Waals surface area contributed by atoms with Crippen LogP contribution >= 0.6 is 0 Å². The van der Waals surface area contributed by atoms with E-state index in [9.17, 15) is 19.2 Å². The van der Waals surface area contributed by atoms with Crippen LogP contribution in [0.1, 0.15) is 0 Å². The van der Waals surface area contributed by atoms with Crippen molar-refractivity contribution >= 4 is 33.7 Å². The average molecular weight is 647 g/mol. The molecule has 0 amide bonds. The zero-order chi connectivity index (χ0) is 33.9. The number of para-hydroxylation sites is 2. The number of fused-ring (bicyclic) bond motifs is 2. The highest BCUT2D eigenvalue weighted by molar-refractivity contribution is 5.81. The monoisotopic (exact) mass is 646 g/mol. The molecule has 0 aliphatic carbocycles. The molecule has 4 N–H and O–H groups in total. The maximum absolute atomic E-state index is 12.5. The molecule has 1 fully saturated rings. The van der Waals surface area contributed by atoms with Crippen LogP contribution in [0.3, 0.4) is 0 Å². The molecule has 0 bridgehead atoms. The van der Waals surface area contributed by atoms with Gasteiger partial charge in [-0.1, -0.05) is 84.9 Å². The second kappa shape index (κ2) is 16.0.